The number of hydrogen-bond acceptors (Lipinski definition) is 3. The van der Waals surface area contributed by atoms with Crippen molar-refractivity contribution in [3.8, 4) is 6.07 Å². The predicted octanol–water partition coefficient (Wildman–Crippen LogP) is 2.81. The molecule has 0 amide bonds. The van der Waals surface area contributed by atoms with Crippen LogP contribution in [0.25, 0.3) is 0 Å². The van der Waals surface area contributed by atoms with E-state index in [1.165, 1.54) is 12.1 Å². The average molecular weight is 289 g/mol. The second kappa shape index (κ2) is 5.85. The lowest BCUT2D eigenvalue weighted by molar-refractivity contribution is 0.586. The predicted molar refractivity (Wildman–Crippen MR) is 73.9 cm³/mol. The van der Waals surface area contributed by atoms with Gasteiger partial charge in [0.05, 0.1) is 23.1 Å². The number of sulfone groups is 1. The van der Waals surface area contributed by atoms with Crippen molar-refractivity contribution in [1.29, 1.82) is 5.26 Å². The molecule has 5 heteroatoms. The lowest BCUT2D eigenvalue weighted by atomic mass is 10.1. The van der Waals surface area contributed by atoms with Crippen molar-refractivity contribution >= 4 is 9.84 Å². The molecule has 0 spiro atoms. The van der Waals surface area contributed by atoms with E-state index >= 15 is 0 Å². The van der Waals surface area contributed by atoms with Crippen molar-refractivity contribution in [3.63, 3.8) is 0 Å². The Morgan fingerprint density at radius 3 is 2.40 bits per heavy atom. The van der Waals surface area contributed by atoms with Crippen molar-refractivity contribution in [2.24, 2.45) is 0 Å². The molecule has 20 heavy (non-hydrogen) atoms. The maximum atomic E-state index is 13.6. The summed E-state index contributed by atoms with van der Waals surface area (Å²) in [5.41, 5.74) is 0.931. The topological polar surface area (TPSA) is 57.9 Å². The molecule has 0 aliphatic heterocycles. The lowest BCUT2D eigenvalue weighted by Crippen LogP contribution is -2.09. The third-order valence-electron chi connectivity index (χ3n) is 2.78. The SMILES string of the molecule is N#Cc1ccc(F)c(CS(=O)(=O)Cc2ccccc2)c1. The van der Waals surface area contributed by atoms with E-state index in [2.05, 4.69) is 0 Å². The molecule has 0 radical (unpaired) electrons. The molecule has 0 aliphatic carbocycles. The number of benzene rings is 2. The third-order valence-corrected chi connectivity index (χ3v) is 4.30. The van der Waals surface area contributed by atoms with E-state index in [4.69, 9.17) is 5.26 Å². The van der Waals surface area contributed by atoms with Gasteiger partial charge in [-0.05, 0) is 23.8 Å². The Bertz CT molecular complexity index is 749. The largest absolute Gasteiger partial charge is 0.228 e. The quantitative estimate of drug-likeness (QED) is 0.869. The molecule has 0 saturated carbocycles. The summed E-state index contributed by atoms with van der Waals surface area (Å²) in [5.74, 6) is -1.17. The van der Waals surface area contributed by atoms with Gasteiger partial charge in [-0.3, -0.25) is 0 Å². The summed E-state index contributed by atoms with van der Waals surface area (Å²) in [6.45, 7) is 0. The van der Waals surface area contributed by atoms with Crippen LogP contribution in [0.15, 0.2) is 48.5 Å². The van der Waals surface area contributed by atoms with Crippen LogP contribution in [0, 0.1) is 17.1 Å². The van der Waals surface area contributed by atoms with Crippen LogP contribution in [-0.4, -0.2) is 8.42 Å². The summed E-state index contributed by atoms with van der Waals surface area (Å²) in [5, 5.41) is 8.76. The standard InChI is InChI=1S/C15H12FNO2S/c16-15-7-6-13(9-17)8-14(15)11-20(18,19)10-12-4-2-1-3-5-12/h1-8H,10-11H2. The van der Waals surface area contributed by atoms with E-state index < -0.39 is 21.4 Å². The van der Waals surface area contributed by atoms with Gasteiger partial charge in [0.25, 0.3) is 0 Å². The zero-order chi connectivity index (χ0) is 14.6. The molecule has 2 aromatic carbocycles. The molecule has 0 bridgehead atoms. The average Bonchev–Trinajstić information content (AvgIpc) is 2.41. The summed E-state index contributed by atoms with van der Waals surface area (Å²) < 4.78 is 37.7. The Balaban J connectivity index is 2.23. The van der Waals surface area contributed by atoms with Gasteiger partial charge in [-0.25, -0.2) is 12.8 Å². The number of rotatable bonds is 4. The highest BCUT2D eigenvalue weighted by Gasteiger charge is 2.16. The van der Waals surface area contributed by atoms with E-state index in [0.29, 0.717) is 5.56 Å². The molecule has 0 aliphatic rings. The van der Waals surface area contributed by atoms with E-state index in [9.17, 15) is 12.8 Å². The fourth-order valence-electron chi connectivity index (χ4n) is 1.87. The molecular formula is C15H12FNO2S. The number of halogens is 1. The summed E-state index contributed by atoms with van der Waals surface area (Å²) in [7, 11) is -3.48. The van der Waals surface area contributed by atoms with Crippen molar-refractivity contribution in [2.75, 3.05) is 0 Å². The molecule has 0 heterocycles. The zero-order valence-corrected chi connectivity index (χ0v) is 11.4. The van der Waals surface area contributed by atoms with Gasteiger partial charge in [-0.2, -0.15) is 5.26 Å². The molecule has 0 saturated heterocycles. The maximum Gasteiger partial charge on any atom is 0.158 e. The minimum Gasteiger partial charge on any atom is -0.228 e. The number of hydrogen-bond donors (Lipinski definition) is 0. The molecule has 2 rings (SSSR count). The Morgan fingerprint density at radius 2 is 1.75 bits per heavy atom. The highest BCUT2D eigenvalue weighted by molar-refractivity contribution is 7.89. The van der Waals surface area contributed by atoms with E-state index in [1.54, 1.807) is 30.3 Å². The fourth-order valence-corrected chi connectivity index (χ4v) is 3.37. The summed E-state index contributed by atoms with van der Waals surface area (Å²) >= 11 is 0. The van der Waals surface area contributed by atoms with Gasteiger partial charge >= 0.3 is 0 Å². The Morgan fingerprint density at radius 1 is 1.05 bits per heavy atom. The molecule has 0 atom stereocenters. The number of nitriles is 1. The first-order chi connectivity index (χ1) is 9.50. The van der Waals surface area contributed by atoms with E-state index in [-0.39, 0.29) is 16.9 Å². The van der Waals surface area contributed by atoms with Gasteiger partial charge in [0.15, 0.2) is 9.84 Å². The minimum atomic E-state index is -3.48. The van der Waals surface area contributed by atoms with Crippen molar-refractivity contribution in [1.82, 2.24) is 0 Å². The second-order valence-corrected chi connectivity index (χ2v) is 6.50. The first kappa shape index (κ1) is 14.2. The van der Waals surface area contributed by atoms with E-state index in [0.717, 1.165) is 6.07 Å². The molecule has 2 aromatic rings. The van der Waals surface area contributed by atoms with Gasteiger partial charge in [-0.15, -0.1) is 0 Å². The van der Waals surface area contributed by atoms with Crippen LogP contribution in [0.5, 0.6) is 0 Å². The lowest BCUT2D eigenvalue weighted by Gasteiger charge is -2.06. The monoisotopic (exact) mass is 289 g/mol. The van der Waals surface area contributed by atoms with Crippen LogP contribution < -0.4 is 0 Å². The normalized spacial score (nSPS) is 11.0. The molecule has 0 N–H and O–H groups in total. The first-order valence-corrected chi connectivity index (χ1v) is 7.75. The highest BCUT2D eigenvalue weighted by Crippen LogP contribution is 2.16. The zero-order valence-electron chi connectivity index (χ0n) is 10.6. The fraction of sp³-hybridized carbons (Fsp3) is 0.133. The van der Waals surface area contributed by atoms with Crippen LogP contribution in [0.4, 0.5) is 4.39 Å². The summed E-state index contributed by atoms with van der Waals surface area (Å²) in [6, 6.07) is 14.3. The minimum absolute atomic E-state index is 0.0278. The van der Waals surface area contributed by atoms with Gasteiger partial charge in [0, 0.05) is 5.56 Å². The summed E-state index contributed by atoms with van der Waals surface area (Å²) in [4.78, 5) is 0. The Hall–Kier alpha value is -2.19. The van der Waals surface area contributed by atoms with Crippen LogP contribution in [0.3, 0.4) is 0 Å². The third kappa shape index (κ3) is 3.65. The first-order valence-electron chi connectivity index (χ1n) is 5.93. The molecule has 0 aromatic heterocycles. The smallest absolute Gasteiger partial charge is 0.158 e. The van der Waals surface area contributed by atoms with Gasteiger partial charge < -0.3 is 0 Å². The van der Waals surface area contributed by atoms with Crippen LogP contribution in [0.1, 0.15) is 16.7 Å². The molecule has 0 fully saturated rings. The molecule has 3 nitrogen and oxygen atoms in total. The van der Waals surface area contributed by atoms with Gasteiger partial charge in [0.2, 0.25) is 0 Å². The highest BCUT2D eigenvalue weighted by atomic mass is 32.2. The van der Waals surface area contributed by atoms with E-state index in [1.807, 2.05) is 6.07 Å². The van der Waals surface area contributed by atoms with Crippen molar-refractivity contribution in [3.05, 3.63) is 71.0 Å². The van der Waals surface area contributed by atoms with Crippen LogP contribution in [0.2, 0.25) is 0 Å². The summed E-state index contributed by atoms with van der Waals surface area (Å²) in [6.07, 6.45) is 0. The Kier molecular flexibility index (Phi) is 4.16. The Labute approximate surface area is 117 Å². The second-order valence-electron chi connectivity index (χ2n) is 4.44. The maximum absolute atomic E-state index is 13.6. The van der Waals surface area contributed by atoms with Gasteiger partial charge in [-0.1, -0.05) is 30.3 Å². The van der Waals surface area contributed by atoms with Gasteiger partial charge in [0.1, 0.15) is 5.82 Å². The number of nitrogens with zero attached hydrogens (tertiary/aromatic N) is 1. The van der Waals surface area contributed by atoms with Crippen LogP contribution in [-0.2, 0) is 21.3 Å². The molecular weight excluding hydrogens is 277 g/mol. The van der Waals surface area contributed by atoms with Crippen molar-refractivity contribution < 1.29 is 12.8 Å². The van der Waals surface area contributed by atoms with Crippen molar-refractivity contribution in [2.45, 2.75) is 11.5 Å². The molecule has 0 unspecified atom stereocenters. The molecule has 102 valence electrons. The van der Waals surface area contributed by atoms with Crippen LogP contribution >= 0.6 is 0 Å².